The summed E-state index contributed by atoms with van der Waals surface area (Å²) >= 11 is 0. The van der Waals surface area contributed by atoms with Crippen molar-refractivity contribution >= 4 is 21.8 Å². The summed E-state index contributed by atoms with van der Waals surface area (Å²) in [6.45, 7) is 0.992. The summed E-state index contributed by atoms with van der Waals surface area (Å²) in [5.74, 6) is -1.63. The molecule has 0 heterocycles. The van der Waals surface area contributed by atoms with Gasteiger partial charge in [-0.3, -0.25) is 0 Å². The molecule has 0 aliphatic heterocycles. The van der Waals surface area contributed by atoms with E-state index < -0.39 is 34.5 Å². The minimum absolute atomic E-state index is 0.00593. The Kier molecular flexibility index (Phi) is 6.51. The third-order valence-corrected chi connectivity index (χ3v) is 3.59. The summed E-state index contributed by atoms with van der Waals surface area (Å²) in [5, 5.41) is 21.5. The first-order chi connectivity index (χ1) is 7.78. The summed E-state index contributed by atoms with van der Waals surface area (Å²) in [7, 11) is -3.15. The zero-order valence-corrected chi connectivity index (χ0v) is 10.2. The zero-order chi connectivity index (χ0) is 13.5. The molecule has 0 aliphatic carbocycles. The Balaban J connectivity index is 3.78. The highest BCUT2D eigenvalue weighted by Gasteiger charge is 2.14. The van der Waals surface area contributed by atoms with Crippen LogP contribution in [0.1, 0.15) is 6.92 Å². The van der Waals surface area contributed by atoms with Gasteiger partial charge in [0.25, 0.3) is 0 Å². The van der Waals surface area contributed by atoms with Crippen molar-refractivity contribution in [2.45, 2.75) is 13.0 Å². The summed E-state index contributed by atoms with van der Waals surface area (Å²) in [6.07, 6.45) is -1.68. The van der Waals surface area contributed by atoms with Crippen molar-refractivity contribution in [2.24, 2.45) is 0 Å². The Morgan fingerprint density at radius 3 is 2.35 bits per heavy atom. The lowest BCUT2D eigenvalue weighted by Gasteiger charge is -2.09. The van der Waals surface area contributed by atoms with Crippen LogP contribution in [0.2, 0.25) is 0 Å². The molecule has 2 amide bonds. The molecule has 0 spiro atoms. The largest absolute Gasteiger partial charge is 0.479 e. The molecule has 8 nitrogen and oxygen atoms in total. The van der Waals surface area contributed by atoms with Crippen molar-refractivity contribution in [3.05, 3.63) is 0 Å². The number of carbonyl (C=O) groups is 2. The predicted molar refractivity (Wildman–Crippen MR) is 59.4 cm³/mol. The number of nitrogens with one attached hydrogen (secondary N) is 2. The van der Waals surface area contributed by atoms with Gasteiger partial charge in [-0.1, -0.05) is 6.92 Å². The van der Waals surface area contributed by atoms with E-state index in [1.54, 1.807) is 0 Å². The number of aliphatic hydroxyl groups is 1. The predicted octanol–water partition coefficient (Wildman–Crippen LogP) is -1.83. The van der Waals surface area contributed by atoms with Crippen LogP contribution in [0.4, 0.5) is 4.79 Å². The van der Waals surface area contributed by atoms with Crippen LogP contribution in [0.15, 0.2) is 0 Å². The van der Waals surface area contributed by atoms with Crippen LogP contribution in [-0.4, -0.2) is 61.3 Å². The van der Waals surface area contributed by atoms with Gasteiger partial charge in [-0.25, -0.2) is 18.0 Å². The Morgan fingerprint density at radius 2 is 1.88 bits per heavy atom. The molecular weight excluding hydrogens is 252 g/mol. The maximum atomic E-state index is 11.0. The molecule has 0 rings (SSSR count). The molecule has 0 bridgehead atoms. The molecule has 0 fully saturated rings. The van der Waals surface area contributed by atoms with Crippen molar-refractivity contribution in [1.29, 1.82) is 0 Å². The Labute approximate surface area is 98.9 Å². The molecule has 9 heteroatoms. The van der Waals surface area contributed by atoms with Gasteiger partial charge in [-0.15, -0.1) is 0 Å². The average Bonchev–Trinajstić information content (AvgIpc) is 2.25. The normalized spacial score (nSPS) is 12.8. The molecule has 0 saturated heterocycles. The fourth-order valence-electron chi connectivity index (χ4n) is 0.804. The van der Waals surface area contributed by atoms with Crippen LogP contribution in [0.5, 0.6) is 0 Å². The Bertz CT molecular complexity index is 366. The number of aliphatic hydroxyl groups excluding tert-OH is 1. The minimum atomic E-state index is -3.15. The lowest BCUT2D eigenvalue weighted by atomic mass is 10.4. The van der Waals surface area contributed by atoms with E-state index in [2.05, 4.69) is 10.6 Å². The number of rotatable bonds is 7. The number of hydrogen-bond acceptors (Lipinski definition) is 5. The molecule has 0 saturated carbocycles. The molecule has 4 N–H and O–H groups in total. The molecule has 1 unspecified atom stereocenters. The number of carboxylic acid groups (broad SMARTS) is 1. The van der Waals surface area contributed by atoms with E-state index in [1.165, 1.54) is 6.92 Å². The summed E-state index contributed by atoms with van der Waals surface area (Å²) < 4.78 is 22.1. The lowest BCUT2D eigenvalue weighted by molar-refractivity contribution is -0.146. The van der Waals surface area contributed by atoms with Crippen LogP contribution in [0.25, 0.3) is 0 Å². The van der Waals surface area contributed by atoms with Crippen molar-refractivity contribution < 1.29 is 28.2 Å². The first-order valence-corrected chi connectivity index (χ1v) is 6.73. The van der Waals surface area contributed by atoms with Crippen molar-refractivity contribution in [2.75, 3.05) is 24.6 Å². The van der Waals surface area contributed by atoms with E-state index in [-0.39, 0.29) is 18.1 Å². The maximum Gasteiger partial charge on any atom is 0.334 e. The van der Waals surface area contributed by atoms with Crippen LogP contribution >= 0.6 is 0 Å². The van der Waals surface area contributed by atoms with Gasteiger partial charge in [-0.2, -0.15) is 0 Å². The number of hydrogen-bond donors (Lipinski definition) is 4. The molecule has 17 heavy (non-hydrogen) atoms. The summed E-state index contributed by atoms with van der Waals surface area (Å²) in [5.41, 5.74) is 0. The second-order valence-electron chi connectivity index (χ2n) is 3.23. The van der Waals surface area contributed by atoms with Crippen LogP contribution in [0, 0.1) is 0 Å². The topological polar surface area (TPSA) is 133 Å². The summed E-state index contributed by atoms with van der Waals surface area (Å²) in [4.78, 5) is 21.2. The molecule has 0 aliphatic rings. The van der Waals surface area contributed by atoms with Gasteiger partial charge < -0.3 is 20.8 Å². The molecule has 100 valence electrons. The summed E-state index contributed by atoms with van der Waals surface area (Å²) in [6, 6.07) is -0.725. The maximum absolute atomic E-state index is 11.0. The van der Waals surface area contributed by atoms with Crippen molar-refractivity contribution in [3.8, 4) is 0 Å². The van der Waals surface area contributed by atoms with Gasteiger partial charge in [-0.05, 0) is 0 Å². The van der Waals surface area contributed by atoms with E-state index in [0.717, 1.165) is 0 Å². The van der Waals surface area contributed by atoms with E-state index in [9.17, 15) is 18.0 Å². The second kappa shape index (κ2) is 7.07. The van der Waals surface area contributed by atoms with Gasteiger partial charge in [0.05, 0.1) is 12.3 Å². The quantitative estimate of drug-likeness (QED) is 0.429. The average molecular weight is 268 g/mol. The standard InChI is InChI=1S/C8H16N2O6S/c1-2-17(15,16)4-3-9-8(14)10-5-6(11)7(12)13/h6,11H,2-5H2,1H3,(H,12,13)(H2,9,10,14). The molecular formula is C8H16N2O6S. The monoisotopic (exact) mass is 268 g/mol. The van der Waals surface area contributed by atoms with Crippen LogP contribution in [-0.2, 0) is 14.6 Å². The van der Waals surface area contributed by atoms with Gasteiger partial charge >= 0.3 is 12.0 Å². The number of amides is 2. The van der Waals surface area contributed by atoms with Gasteiger partial charge in [0.2, 0.25) is 0 Å². The lowest BCUT2D eigenvalue weighted by Crippen LogP contribution is -2.43. The van der Waals surface area contributed by atoms with E-state index >= 15 is 0 Å². The fourth-order valence-corrected chi connectivity index (χ4v) is 1.51. The van der Waals surface area contributed by atoms with Gasteiger partial charge in [0, 0.05) is 12.3 Å². The third kappa shape index (κ3) is 7.53. The van der Waals surface area contributed by atoms with Crippen molar-refractivity contribution in [3.63, 3.8) is 0 Å². The van der Waals surface area contributed by atoms with Crippen LogP contribution < -0.4 is 10.6 Å². The second-order valence-corrected chi connectivity index (χ2v) is 5.70. The minimum Gasteiger partial charge on any atom is -0.479 e. The highest BCUT2D eigenvalue weighted by molar-refractivity contribution is 7.91. The molecule has 0 aromatic rings. The van der Waals surface area contributed by atoms with E-state index in [1.807, 2.05) is 0 Å². The van der Waals surface area contributed by atoms with E-state index in [4.69, 9.17) is 10.2 Å². The zero-order valence-electron chi connectivity index (χ0n) is 9.34. The highest BCUT2D eigenvalue weighted by atomic mass is 32.2. The fraction of sp³-hybridized carbons (Fsp3) is 0.750. The number of aliphatic carboxylic acids is 1. The smallest absolute Gasteiger partial charge is 0.334 e. The highest BCUT2D eigenvalue weighted by Crippen LogP contribution is 1.87. The van der Waals surface area contributed by atoms with Gasteiger partial charge in [0.15, 0.2) is 15.9 Å². The SMILES string of the molecule is CCS(=O)(=O)CCNC(=O)NCC(O)C(=O)O. The Morgan fingerprint density at radius 1 is 1.29 bits per heavy atom. The molecule has 0 radical (unpaired) electrons. The van der Waals surface area contributed by atoms with E-state index in [0.29, 0.717) is 0 Å². The first kappa shape index (κ1) is 15.7. The molecule has 0 aromatic carbocycles. The van der Waals surface area contributed by atoms with Gasteiger partial charge in [0.1, 0.15) is 0 Å². The number of sulfone groups is 1. The van der Waals surface area contributed by atoms with Crippen molar-refractivity contribution in [1.82, 2.24) is 10.6 Å². The Hall–Kier alpha value is -1.35. The number of carbonyl (C=O) groups excluding carboxylic acids is 1. The number of urea groups is 1. The third-order valence-electron chi connectivity index (χ3n) is 1.88. The molecule has 0 aromatic heterocycles. The molecule has 1 atom stereocenters. The van der Waals surface area contributed by atoms with Crippen LogP contribution in [0.3, 0.4) is 0 Å². The first-order valence-electron chi connectivity index (χ1n) is 4.91. The number of carboxylic acids is 1.